The van der Waals surface area contributed by atoms with Crippen molar-refractivity contribution >= 4 is 5.97 Å². The molecule has 100 valence electrons. The summed E-state index contributed by atoms with van der Waals surface area (Å²) in [4.78, 5) is 13.2. The summed E-state index contributed by atoms with van der Waals surface area (Å²) in [5.74, 6) is 0.220. The van der Waals surface area contributed by atoms with Gasteiger partial charge < -0.3 is 5.11 Å². The maximum absolute atomic E-state index is 10.8. The molecule has 0 bridgehead atoms. The molecule has 1 rings (SSSR count). The second-order valence-electron chi connectivity index (χ2n) is 5.36. The zero-order valence-corrected chi connectivity index (χ0v) is 11.5. The minimum Gasteiger partial charge on any atom is -0.481 e. The molecule has 0 heterocycles. The van der Waals surface area contributed by atoms with Crippen LogP contribution in [-0.4, -0.2) is 34.6 Å². The van der Waals surface area contributed by atoms with Crippen LogP contribution in [0, 0.1) is 5.92 Å². The van der Waals surface area contributed by atoms with Crippen LogP contribution in [0.1, 0.15) is 59.3 Å². The van der Waals surface area contributed by atoms with Gasteiger partial charge in [0, 0.05) is 12.1 Å². The smallest absolute Gasteiger partial charge is 0.304 e. The van der Waals surface area contributed by atoms with E-state index in [2.05, 4.69) is 18.7 Å². The number of carbonyl (C=O) groups is 1. The van der Waals surface area contributed by atoms with Gasteiger partial charge in [0.1, 0.15) is 0 Å². The molecule has 0 aromatic heterocycles. The van der Waals surface area contributed by atoms with E-state index in [1.807, 2.05) is 6.92 Å². The third-order valence-electron chi connectivity index (χ3n) is 4.26. The molecule has 1 saturated carbocycles. The molecule has 0 amide bonds. The van der Waals surface area contributed by atoms with Gasteiger partial charge in [-0.3, -0.25) is 9.69 Å². The fourth-order valence-electron chi connectivity index (χ4n) is 3.18. The van der Waals surface area contributed by atoms with Gasteiger partial charge in [0.05, 0.1) is 6.42 Å². The highest BCUT2D eigenvalue weighted by molar-refractivity contribution is 5.67. The van der Waals surface area contributed by atoms with Crippen molar-refractivity contribution in [2.45, 2.75) is 71.4 Å². The highest BCUT2D eigenvalue weighted by atomic mass is 16.4. The Morgan fingerprint density at radius 3 is 2.29 bits per heavy atom. The van der Waals surface area contributed by atoms with E-state index in [0.29, 0.717) is 6.04 Å². The Hall–Kier alpha value is -0.570. The largest absolute Gasteiger partial charge is 0.481 e. The van der Waals surface area contributed by atoms with Gasteiger partial charge in [-0.2, -0.15) is 0 Å². The van der Waals surface area contributed by atoms with Crippen LogP contribution in [0.3, 0.4) is 0 Å². The van der Waals surface area contributed by atoms with Gasteiger partial charge in [0.25, 0.3) is 0 Å². The molecule has 1 fully saturated rings. The van der Waals surface area contributed by atoms with Crippen molar-refractivity contribution in [3.05, 3.63) is 0 Å². The van der Waals surface area contributed by atoms with Crippen LogP contribution in [-0.2, 0) is 4.79 Å². The van der Waals surface area contributed by atoms with E-state index in [4.69, 9.17) is 5.11 Å². The van der Waals surface area contributed by atoms with Crippen molar-refractivity contribution in [1.82, 2.24) is 4.90 Å². The predicted molar refractivity (Wildman–Crippen MR) is 70.1 cm³/mol. The Kier molecular flexibility index (Phi) is 5.96. The van der Waals surface area contributed by atoms with Crippen molar-refractivity contribution in [1.29, 1.82) is 0 Å². The van der Waals surface area contributed by atoms with Gasteiger partial charge in [-0.25, -0.2) is 0 Å². The summed E-state index contributed by atoms with van der Waals surface area (Å²) in [5, 5.41) is 8.88. The maximum Gasteiger partial charge on any atom is 0.304 e. The molecule has 0 saturated heterocycles. The van der Waals surface area contributed by atoms with E-state index in [1.165, 1.54) is 32.1 Å². The third kappa shape index (κ3) is 4.30. The van der Waals surface area contributed by atoms with Crippen LogP contribution < -0.4 is 0 Å². The van der Waals surface area contributed by atoms with Gasteiger partial charge in [-0.15, -0.1) is 0 Å². The molecule has 3 heteroatoms. The molecular formula is C14H27NO2. The van der Waals surface area contributed by atoms with E-state index >= 15 is 0 Å². The van der Waals surface area contributed by atoms with Gasteiger partial charge in [0.2, 0.25) is 0 Å². The van der Waals surface area contributed by atoms with Gasteiger partial charge >= 0.3 is 5.97 Å². The lowest BCUT2D eigenvalue weighted by Crippen LogP contribution is -2.44. The van der Waals surface area contributed by atoms with E-state index in [9.17, 15) is 4.79 Å². The molecule has 17 heavy (non-hydrogen) atoms. The average molecular weight is 241 g/mol. The summed E-state index contributed by atoms with van der Waals surface area (Å²) in [7, 11) is 0. The Balaban J connectivity index is 2.48. The molecule has 3 nitrogen and oxygen atoms in total. The molecule has 0 spiro atoms. The Bertz CT molecular complexity index is 234. The average Bonchev–Trinajstić information content (AvgIpc) is 2.30. The quantitative estimate of drug-likeness (QED) is 0.776. The van der Waals surface area contributed by atoms with Crippen LogP contribution in [0.5, 0.6) is 0 Å². The van der Waals surface area contributed by atoms with Crippen LogP contribution in [0.4, 0.5) is 0 Å². The Morgan fingerprint density at radius 2 is 1.88 bits per heavy atom. The van der Waals surface area contributed by atoms with Gasteiger partial charge in [0.15, 0.2) is 0 Å². The second kappa shape index (κ2) is 7.00. The molecule has 1 N–H and O–H groups in total. The van der Waals surface area contributed by atoms with Crippen molar-refractivity contribution in [2.24, 2.45) is 5.92 Å². The number of aliphatic carboxylic acids is 1. The number of nitrogens with zero attached hydrogens (tertiary/aromatic N) is 1. The Morgan fingerprint density at radius 1 is 1.29 bits per heavy atom. The number of hydrogen-bond acceptors (Lipinski definition) is 2. The minimum absolute atomic E-state index is 0.167. The topological polar surface area (TPSA) is 40.5 Å². The molecule has 0 aromatic rings. The van der Waals surface area contributed by atoms with E-state index in [-0.39, 0.29) is 12.5 Å². The summed E-state index contributed by atoms with van der Waals surface area (Å²) in [5.41, 5.74) is 0. The molecule has 1 aliphatic carbocycles. The molecular weight excluding hydrogens is 214 g/mol. The maximum atomic E-state index is 10.8. The van der Waals surface area contributed by atoms with Crippen LogP contribution in [0.25, 0.3) is 0 Å². The van der Waals surface area contributed by atoms with Crippen LogP contribution in [0.2, 0.25) is 0 Å². The summed E-state index contributed by atoms with van der Waals surface area (Å²) in [6, 6.07) is 0.776. The first-order chi connectivity index (χ1) is 8.08. The minimum atomic E-state index is -0.682. The number of hydrogen-bond donors (Lipinski definition) is 1. The lowest BCUT2D eigenvalue weighted by Gasteiger charge is -2.39. The van der Waals surface area contributed by atoms with Crippen molar-refractivity contribution < 1.29 is 9.90 Å². The Labute approximate surface area is 105 Å². The van der Waals surface area contributed by atoms with E-state index in [1.54, 1.807) is 0 Å². The highest BCUT2D eigenvalue weighted by Crippen LogP contribution is 2.30. The van der Waals surface area contributed by atoms with Crippen LogP contribution in [0.15, 0.2) is 0 Å². The summed E-state index contributed by atoms with van der Waals surface area (Å²) < 4.78 is 0. The number of carboxylic acid groups (broad SMARTS) is 1. The van der Waals surface area contributed by atoms with Crippen molar-refractivity contribution in [2.75, 3.05) is 6.54 Å². The predicted octanol–water partition coefficient (Wildman–Crippen LogP) is 3.14. The normalized spacial score (nSPS) is 27.1. The van der Waals surface area contributed by atoms with Gasteiger partial charge in [-0.1, -0.05) is 20.3 Å². The molecule has 0 aliphatic heterocycles. The zero-order valence-electron chi connectivity index (χ0n) is 11.5. The number of rotatable bonds is 6. The summed E-state index contributed by atoms with van der Waals surface area (Å²) in [6.07, 6.45) is 6.69. The SMILES string of the molecule is CCC1CCC(N(CC)C(C)CC(=O)O)CC1. The second-order valence-corrected chi connectivity index (χ2v) is 5.36. The molecule has 1 aliphatic rings. The first kappa shape index (κ1) is 14.5. The summed E-state index contributed by atoms with van der Waals surface area (Å²) >= 11 is 0. The number of carboxylic acids is 1. The standard InChI is InChI=1S/C14H27NO2/c1-4-12-6-8-13(9-7-12)15(5-2)11(3)10-14(16)17/h11-13H,4-10H2,1-3H3,(H,16,17). The third-order valence-corrected chi connectivity index (χ3v) is 4.26. The molecule has 0 aromatic carbocycles. The van der Waals surface area contributed by atoms with E-state index < -0.39 is 5.97 Å². The highest BCUT2D eigenvalue weighted by Gasteiger charge is 2.27. The van der Waals surface area contributed by atoms with E-state index in [0.717, 1.165) is 12.5 Å². The zero-order chi connectivity index (χ0) is 12.8. The first-order valence-corrected chi connectivity index (χ1v) is 7.05. The first-order valence-electron chi connectivity index (χ1n) is 7.05. The molecule has 1 unspecified atom stereocenters. The monoisotopic (exact) mass is 241 g/mol. The fourth-order valence-corrected chi connectivity index (χ4v) is 3.18. The lowest BCUT2D eigenvalue weighted by molar-refractivity contribution is -0.138. The lowest BCUT2D eigenvalue weighted by atomic mass is 9.83. The van der Waals surface area contributed by atoms with Gasteiger partial charge in [-0.05, 0) is 45.1 Å². The van der Waals surface area contributed by atoms with Crippen LogP contribution >= 0.6 is 0 Å². The molecule has 1 atom stereocenters. The fraction of sp³-hybridized carbons (Fsp3) is 0.929. The molecule has 0 radical (unpaired) electrons. The van der Waals surface area contributed by atoms with Crippen molar-refractivity contribution in [3.63, 3.8) is 0 Å². The van der Waals surface area contributed by atoms with Crippen molar-refractivity contribution in [3.8, 4) is 0 Å². The summed E-state index contributed by atoms with van der Waals surface area (Å²) in [6.45, 7) is 7.43.